The van der Waals surface area contributed by atoms with Crippen LogP contribution in [0.25, 0.3) is 10.2 Å². The lowest BCUT2D eigenvalue weighted by atomic mass is 9.93. The van der Waals surface area contributed by atoms with Gasteiger partial charge in [0.05, 0.1) is 10.2 Å². The van der Waals surface area contributed by atoms with Crippen molar-refractivity contribution >= 4 is 50.9 Å². The molecule has 4 aromatic rings. The van der Waals surface area contributed by atoms with Crippen LogP contribution in [0.3, 0.4) is 0 Å². The Bertz CT molecular complexity index is 1560. The third-order valence-corrected chi connectivity index (χ3v) is 8.76. The van der Waals surface area contributed by atoms with Gasteiger partial charge in [0.1, 0.15) is 17.4 Å². The summed E-state index contributed by atoms with van der Waals surface area (Å²) in [6.07, 6.45) is 7.44. The van der Waals surface area contributed by atoms with Crippen molar-refractivity contribution in [3.63, 3.8) is 0 Å². The predicted octanol–water partition coefficient (Wildman–Crippen LogP) is 7.58. The topological polar surface area (TPSA) is 79.7 Å². The zero-order valence-electron chi connectivity index (χ0n) is 22.6. The Morgan fingerprint density at radius 1 is 1.18 bits per heavy atom. The normalized spacial score (nSPS) is 14.9. The third-order valence-electron chi connectivity index (χ3n) is 6.67. The Balaban J connectivity index is 1.39. The first kappa shape index (κ1) is 27.8. The van der Waals surface area contributed by atoms with E-state index in [1.165, 1.54) is 12.1 Å². The first-order chi connectivity index (χ1) is 19.4. The minimum absolute atomic E-state index is 0.122. The number of halogens is 1. The number of aliphatic imine (C=N–C) groups is 1. The molecule has 0 spiro atoms. The molecule has 0 aliphatic carbocycles. The lowest BCUT2D eigenvalue weighted by Gasteiger charge is -2.32. The number of nitrogens with one attached hydrogen (secondary N) is 1. The number of carbonyl (C=O) groups is 1. The molecule has 1 aliphatic heterocycles. The lowest BCUT2D eigenvalue weighted by Crippen LogP contribution is -2.39. The number of pyridine rings is 2. The third kappa shape index (κ3) is 6.68. The molecule has 0 bridgehead atoms. The van der Waals surface area contributed by atoms with E-state index in [2.05, 4.69) is 21.4 Å². The molecule has 1 aliphatic rings. The maximum atomic E-state index is 13.5. The van der Waals surface area contributed by atoms with E-state index < -0.39 is 0 Å². The Kier molecular flexibility index (Phi) is 8.76. The Morgan fingerprint density at radius 3 is 2.67 bits per heavy atom. The van der Waals surface area contributed by atoms with Gasteiger partial charge in [0.15, 0.2) is 11.6 Å². The average molecular weight is 576 g/mol. The predicted molar refractivity (Wildman–Crippen MR) is 159 cm³/mol. The molecule has 40 heavy (non-hydrogen) atoms. The van der Waals surface area contributed by atoms with E-state index in [4.69, 9.17) is 9.73 Å². The molecule has 0 radical (unpaired) electrons. The van der Waals surface area contributed by atoms with Crippen LogP contribution in [-0.4, -0.2) is 39.7 Å². The molecule has 1 saturated heterocycles. The SMILES string of the molecule is C/C=C(\N/C(C)=N/c1ncc(Sc2ccnc3ccsc23)cc1Oc1ccc(F)cc1)C1CCN(C(C)=O)CC1. The van der Waals surface area contributed by atoms with Crippen molar-refractivity contribution in [2.24, 2.45) is 10.9 Å². The number of nitrogens with zero attached hydrogens (tertiary/aromatic N) is 4. The monoisotopic (exact) mass is 575 g/mol. The number of allylic oxidation sites excluding steroid dienone is 2. The van der Waals surface area contributed by atoms with Crippen LogP contribution in [0.1, 0.15) is 33.6 Å². The first-order valence-electron chi connectivity index (χ1n) is 13.1. The highest BCUT2D eigenvalue weighted by Gasteiger charge is 2.23. The van der Waals surface area contributed by atoms with Crippen LogP contribution < -0.4 is 10.1 Å². The zero-order valence-corrected chi connectivity index (χ0v) is 24.2. The number of rotatable bonds is 7. The van der Waals surface area contributed by atoms with Crippen molar-refractivity contribution in [1.29, 1.82) is 0 Å². The van der Waals surface area contributed by atoms with Crippen LogP contribution in [0.15, 0.2) is 86.8 Å². The van der Waals surface area contributed by atoms with E-state index in [1.807, 2.05) is 42.3 Å². The Labute approximate surface area is 241 Å². The fourth-order valence-corrected chi connectivity index (χ4v) is 6.51. The molecule has 1 N–H and O–H groups in total. The molecule has 0 saturated carbocycles. The van der Waals surface area contributed by atoms with E-state index in [-0.39, 0.29) is 11.7 Å². The van der Waals surface area contributed by atoms with Gasteiger partial charge in [0.2, 0.25) is 5.91 Å². The molecular weight excluding hydrogens is 545 g/mol. The highest BCUT2D eigenvalue weighted by atomic mass is 32.2. The van der Waals surface area contributed by atoms with Crippen molar-refractivity contribution in [2.45, 2.75) is 43.4 Å². The van der Waals surface area contributed by atoms with Gasteiger partial charge in [-0.3, -0.25) is 9.78 Å². The summed E-state index contributed by atoms with van der Waals surface area (Å²) in [6.45, 7) is 7.02. The van der Waals surface area contributed by atoms with Gasteiger partial charge in [-0.15, -0.1) is 11.3 Å². The van der Waals surface area contributed by atoms with Gasteiger partial charge in [0.25, 0.3) is 0 Å². The second-order valence-electron chi connectivity index (χ2n) is 9.44. The van der Waals surface area contributed by atoms with Crippen molar-refractivity contribution in [2.75, 3.05) is 13.1 Å². The van der Waals surface area contributed by atoms with Crippen LogP contribution >= 0.6 is 23.1 Å². The minimum atomic E-state index is -0.334. The molecule has 206 valence electrons. The number of thiophene rings is 1. The fraction of sp³-hybridized carbons (Fsp3) is 0.267. The highest BCUT2D eigenvalue weighted by Crippen LogP contribution is 2.39. The van der Waals surface area contributed by atoms with E-state index in [9.17, 15) is 9.18 Å². The van der Waals surface area contributed by atoms with Gasteiger partial charge in [-0.1, -0.05) is 17.8 Å². The number of carbonyl (C=O) groups excluding carboxylic acids is 1. The molecular formula is C30H30FN5O2S2. The second kappa shape index (κ2) is 12.6. The van der Waals surface area contributed by atoms with E-state index in [1.54, 1.807) is 54.5 Å². The van der Waals surface area contributed by atoms with Crippen LogP contribution in [-0.2, 0) is 4.79 Å². The molecule has 1 fully saturated rings. The lowest BCUT2D eigenvalue weighted by molar-refractivity contribution is -0.130. The van der Waals surface area contributed by atoms with E-state index in [0.29, 0.717) is 29.1 Å². The van der Waals surface area contributed by atoms with Gasteiger partial charge >= 0.3 is 0 Å². The molecule has 0 unspecified atom stereocenters. The van der Waals surface area contributed by atoms with E-state index in [0.717, 1.165) is 51.6 Å². The number of fused-ring (bicyclic) bond motifs is 1. The van der Waals surface area contributed by atoms with Gasteiger partial charge in [-0.05, 0) is 68.5 Å². The number of likely N-dealkylation sites (tertiary alicyclic amines) is 1. The molecule has 0 atom stereocenters. The second-order valence-corrected chi connectivity index (χ2v) is 11.5. The minimum Gasteiger partial charge on any atom is -0.453 e. The van der Waals surface area contributed by atoms with Crippen molar-refractivity contribution in [3.05, 3.63) is 77.8 Å². The number of ether oxygens (including phenoxy) is 1. The summed E-state index contributed by atoms with van der Waals surface area (Å²) < 4.78 is 20.8. The summed E-state index contributed by atoms with van der Waals surface area (Å²) in [4.78, 5) is 29.4. The highest BCUT2D eigenvalue weighted by molar-refractivity contribution is 7.99. The van der Waals surface area contributed by atoms with Crippen LogP contribution in [0, 0.1) is 11.7 Å². The number of hydrogen-bond acceptors (Lipinski definition) is 7. The summed E-state index contributed by atoms with van der Waals surface area (Å²) in [7, 11) is 0. The zero-order chi connectivity index (χ0) is 28.1. The summed E-state index contributed by atoms with van der Waals surface area (Å²) in [6, 6.07) is 11.8. The Hall–Kier alpha value is -3.76. The molecule has 10 heteroatoms. The van der Waals surface area contributed by atoms with Crippen molar-refractivity contribution < 1.29 is 13.9 Å². The Morgan fingerprint density at radius 2 is 1.95 bits per heavy atom. The summed E-state index contributed by atoms with van der Waals surface area (Å²) in [5, 5.41) is 5.48. The van der Waals surface area contributed by atoms with Gasteiger partial charge in [0, 0.05) is 59.9 Å². The molecule has 1 amide bonds. The van der Waals surface area contributed by atoms with Crippen LogP contribution in [0.2, 0.25) is 0 Å². The maximum Gasteiger partial charge on any atom is 0.219 e. The number of aromatic nitrogens is 2. The summed E-state index contributed by atoms with van der Waals surface area (Å²) in [5.41, 5.74) is 2.04. The molecule has 7 nitrogen and oxygen atoms in total. The van der Waals surface area contributed by atoms with Crippen molar-refractivity contribution in [1.82, 2.24) is 20.2 Å². The average Bonchev–Trinajstić information content (AvgIpc) is 3.44. The quantitative estimate of drug-likeness (QED) is 0.181. The number of amidine groups is 1. The number of piperidine rings is 1. The van der Waals surface area contributed by atoms with Gasteiger partial charge in [-0.2, -0.15) is 0 Å². The smallest absolute Gasteiger partial charge is 0.219 e. The first-order valence-corrected chi connectivity index (χ1v) is 14.8. The molecule has 5 rings (SSSR count). The molecule has 4 heterocycles. The largest absolute Gasteiger partial charge is 0.453 e. The number of hydrogen-bond donors (Lipinski definition) is 1. The summed E-state index contributed by atoms with van der Waals surface area (Å²) >= 11 is 3.23. The summed E-state index contributed by atoms with van der Waals surface area (Å²) in [5.74, 6) is 2.15. The molecule has 1 aromatic carbocycles. The standard InChI is InChI=1S/C30H30FN5O2S2/c1-4-25(21-10-14-36(15-11-21)20(3)37)34-19(2)35-30-27(38-23-7-5-22(31)6-8-23)17-24(18-33-30)40-28-9-13-32-26-12-16-39-29(26)28/h4-9,12-13,16-18,21H,10-11,14-15H2,1-3H3,(H,33,34,35)/b25-4-. The van der Waals surface area contributed by atoms with E-state index >= 15 is 0 Å². The van der Waals surface area contributed by atoms with Crippen molar-refractivity contribution in [3.8, 4) is 11.5 Å². The van der Waals surface area contributed by atoms with Gasteiger partial charge in [-0.25, -0.2) is 14.4 Å². The van der Waals surface area contributed by atoms with Crippen LogP contribution in [0.5, 0.6) is 11.5 Å². The molecule has 3 aromatic heterocycles. The van der Waals surface area contributed by atoms with Crippen LogP contribution in [0.4, 0.5) is 10.2 Å². The number of benzene rings is 1. The maximum absolute atomic E-state index is 13.5. The van der Waals surface area contributed by atoms with Gasteiger partial charge < -0.3 is 15.0 Å². The number of amides is 1. The fourth-order valence-electron chi connectivity index (χ4n) is 4.63.